The quantitative estimate of drug-likeness (QED) is 0.840. The molecule has 1 heterocycles. The molecule has 20 heavy (non-hydrogen) atoms. The summed E-state index contributed by atoms with van der Waals surface area (Å²) >= 11 is 0. The second kappa shape index (κ2) is 7.50. The van der Waals surface area contributed by atoms with Crippen molar-refractivity contribution in [2.75, 3.05) is 25.6 Å². The minimum atomic E-state index is -0.00691. The SMILES string of the molecule is COc1ccc(NC(C)CC2CCOCC2)cc1CO. The molecule has 2 rings (SSSR count). The summed E-state index contributed by atoms with van der Waals surface area (Å²) in [4.78, 5) is 0. The van der Waals surface area contributed by atoms with Crippen molar-refractivity contribution in [2.45, 2.75) is 38.8 Å². The van der Waals surface area contributed by atoms with Crippen LogP contribution in [-0.4, -0.2) is 31.5 Å². The van der Waals surface area contributed by atoms with Crippen molar-refractivity contribution in [3.8, 4) is 5.75 Å². The van der Waals surface area contributed by atoms with Gasteiger partial charge in [0, 0.05) is 30.5 Å². The van der Waals surface area contributed by atoms with Gasteiger partial charge in [-0.25, -0.2) is 0 Å². The normalized spacial score (nSPS) is 17.8. The lowest BCUT2D eigenvalue weighted by atomic mass is 9.93. The Morgan fingerprint density at radius 3 is 2.80 bits per heavy atom. The van der Waals surface area contributed by atoms with Crippen molar-refractivity contribution >= 4 is 5.69 Å². The molecule has 0 aliphatic carbocycles. The first-order valence-electron chi connectivity index (χ1n) is 7.35. The minimum Gasteiger partial charge on any atom is -0.496 e. The molecule has 0 amide bonds. The fourth-order valence-corrected chi connectivity index (χ4v) is 2.82. The Balaban J connectivity index is 1.91. The van der Waals surface area contributed by atoms with Crippen LogP contribution in [0.15, 0.2) is 18.2 Å². The van der Waals surface area contributed by atoms with Gasteiger partial charge in [-0.1, -0.05) is 0 Å². The van der Waals surface area contributed by atoms with Crippen molar-refractivity contribution in [1.82, 2.24) is 0 Å². The number of aliphatic hydroxyl groups excluding tert-OH is 1. The maximum absolute atomic E-state index is 9.35. The molecule has 4 nitrogen and oxygen atoms in total. The van der Waals surface area contributed by atoms with Crippen LogP contribution in [0.4, 0.5) is 5.69 Å². The van der Waals surface area contributed by atoms with Gasteiger partial charge in [0.25, 0.3) is 0 Å². The maximum atomic E-state index is 9.35. The molecule has 1 aromatic carbocycles. The van der Waals surface area contributed by atoms with Gasteiger partial charge in [0.15, 0.2) is 0 Å². The lowest BCUT2D eigenvalue weighted by molar-refractivity contribution is 0.0629. The van der Waals surface area contributed by atoms with E-state index in [2.05, 4.69) is 12.2 Å². The standard InChI is InChI=1S/C16H25NO3/c1-12(9-13-5-7-20-8-6-13)17-15-3-4-16(19-2)14(10-15)11-18/h3-4,10,12-13,17-18H,5-9,11H2,1-2H3. The Morgan fingerprint density at radius 2 is 2.15 bits per heavy atom. The topological polar surface area (TPSA) is 50.7 Å². The Hall–Kier alpha value is -1.26. The van der Waals surface area contributed by atoms with Gasteiger partial charge in [0.2, 0.25) is 0 Å². The first kappa shape index (κ1) is 15.1. The molecule has 1 saturated heterocycles. The molecule has 2 N–H and O–H groups in total. The fourth-order valence-electron chi connectivity index (χ4n) is 2.82. The lowest BCUT2D eigenvalue weighted by Crippen LogP contribution is -2.24. The lowest BCUT2D eigenvalue weighted by Gasteiger charge is -2.26. The Morgan fingerprint density at radius 1 is 1.40 bits per heavy atom. The average Bonchev–Trinajstić information content (AvgIpc) is 2.48. The van der Waals surface area contributed by atoms with Crippen LogP contribution in [0.5, 0.6) is 5.75 Å². The summed E-state index contributed by atoms with van der Waals surface area (Å²) in [6, 6.07) is 6.27. The van der Waals surface area contributed by atoms with Gasteiger partial charge in [0.1, 0.15) is 5.75 Å². The number of ether oxygens (including phenoxy) is 2. The first-order chi connectivity index (χ1) is 9.72. The van der Waals surface area contributed by atoms with E-state index in [9.17, 15) is 5.11 Å². The Labute approximate surface area is 121 Å². The maximum Gasteiger partial charge on any atom is 0.124 e. The Bertz CT molecular complexity index is 416. The van der Waals surface area contributed by atoms with Gasteiger partial charge < -0.3 is 19.9 Å². The van der Waals surface area contributed by atoms with E-state index in [1.54, 1.807) is 7.11 Å². The largest absolute Gasteiger partial charge is 0.496 e. The van der Waals surface area contributed by atoms with Crippen LogP contribution >= 0.6 is 0 Å². The molecule has 1 unspecified atom stereocenters. The zero-order valence-electron chi connectivity index (χ0n) is 12.4. The van der Waals surface area contributed by atoms with Crippen LogP contribution in [0.2, 0.25) is 0 Å². The van der Waals surface area contributed by atoms with E-state index in [0.717, 1.165) is 55.4 Å². The summed E-state index contributed by atoms with van der Waals surface area (Å²) in [5.41, 5.74) is 1.85. The average molecular weight is 279 g/mol. The van der Waals surface area contributed by atoms with Crippen molar-refractivity contribution in [3.63, 3.8) is 0 Å². The van der Waals surface area contributed by atoms with Crippen molar-refractivity contribution in [2.24, 2.45) is 5.92 Å². The summed E-state index contributed by atoms with van der Waals surface area (Å²) in [6.45, 7) is 3.99. The zero-order chi connectivity index (χ0) is 14.4. The van der Waals surface area contributed by atoms with Crippen molar-refractivity contribution in [3.05, 3.63) is 23.8 Å². The molecular formula is C16H25NO3. The van der Waals surface area contributed by atoms with Crippen LogP contribution in [0, 0.1) is 5.92 Å². The van der Waals surface area contributed by atoms with Gasteiger partial charge in [-0.15, -0.1) is 0 Å². The predicted octanol–water partition coefficient (Wildman–Crippen LogP) is 2.80. The number of hydrogen-bond donors (Lipinski definition) is 2. The Kier molecular flexibility index (Phi) is 5.68. The monoisotopic (exact) mass is 279 g/mol. The van der Waals surface area contributed by atoms with E-state index in [1.165, 1.54) is 0 Å². The van der Waals surface area contributed by atoms with Gasteiger partial charge in [-0.05, 0) is 50.3 Å². The molecule has 4 heteroatoms. The van der Waals surface area contributed by atoms with Crippen LogP contribution < -0.4 is 10.1 Å². The van der Waals surface area contributed by atoms with E-state index in [0.29, 0.717) is 6.04 Å². The number of hydrogen-bond acceptors (Lipinski definition) is 4. The van der Waals surface area contributed by atoms with Crippen LogP contribution in [0.1, 0.15) is 31.7 Å². The van der Waals surface area contributed by atoms with E-state index in [4.69, 9.17) is 9.47 Å². The van der Waals surface area contributed by atoms with Gasteiger partial charge >= 0.3 is 0 Å². The van der Waals surface area contributed by atoms with Crippen LogP contribution in [-0.2, 0) is 11.3 Å². The molecule has 112 valence electrons. The molecule has 0 bridgehead atoms. The second-order valence-electron chi connectivity index (χ2n) is 5.52. The molecule has 1 fully saturated rings. The summed E-state index contributed by atoms with van der Waals surface area (Å²) in [6.07, 6.45) is 3.48. The van der Waals surface area contributed by atoms with Crippen molar-refractivity contribution < 1.29 is 14.6 Å². The summed E-state index contributed by atoms with van der Waals surface area (Å²) < 4.78 is 10.6. The zero-order valence-corrected chi connectivity index (χ0v) is 12.4. The minimum absolute atomic E-state index is 0.00691. The summed E-state index contributed by atoms with van der Waals surface area (Å²) in [5, 5.41) is 12.9. The third-order valence-electron chi connectivity index (χ3n) is 3.89. The van der Waals surface area contributed by atoms with E-state index in [1.807, 2.05) is 18.2 Å². The number of rotatable bonds is 6. The van der Waals surface area contributed by atoms with Crippen LogP contribution in [0.3, 0.4) is 0 Å². The highest BCUT2D eigenvalue weighted by Crippen LogP contribution is 2.25. The van der Waals surface area contributed by atoms with Gasteiger partial charge in [0.05, 0.1) is 13.7 Å². The number of nitrogens with one attached hydrogen (secondary N) is 1. The molecule has 0 spiro atoms. The number of methoxy groups -OCH3 is 1. The number of anilines is 1. The summed E-state index contributed by atoms with van der Waals surface area (Å²) in [7, 11) is 1.62. The second-order valence-corrected chi connectivity index (χ2v) is 5.52. The highest BCUT2D eigenvalue weighted by Gasteiger charge is 2.17. The van der Waals surface area contributed by atoms with E-state index in [-0.39, 0.29) is 6.61 Å². The molecule has 0 radical (unpaired) electrons. The van der Waals surface area contributed by atoms with Gasteiger partial charge in [-0.3, -0.25) is 0 Å². The third kappa shape index (κ3) is 4.12. The van der Waals surface area contributed by atoms with Crippen LogP contribution in [0.25, 0.3) is 0 Å². The fraction of sp³-hybridized carbons (Fsp3) is 0.625. The molecule has 0 saturated carbocycles. The number of benzene rings is 1. The first-order valence-corrected chi connectivity index (χ1v) is 7.35. The van der Waals surface area contributed by atoms with Gasteiger partial charge in [-0.2, -0.15) is 0 Å². The number of aliphatic hydroxyl groups is 1. The smallest absolute Gasteiger partial charge is 0.124 e. The molecular weight excluding hydrogens is 254 g/mol. The van der Waals surface area contributed by atoms with Crippen molar-refractivity contribution in [1.29, 1.82) is 0 Å². The summed E-state index contributed by atoms with van der Waals surface area (Å²) in [5.74, 6) is 1.48. The molecule has 1 aliphatic rings. The molecule has 1 aromatic rings. The third-order valence-corrected chi connectivity index (χ3v) is 3.89. The molecule has 0 aromatic heterocycles. The molecule has 1 aliphatic heterocycles. The van der Waals surface area contributed by atoms with E-state index < -0.39 is 0 Å². The highest BCUT2D eigenvalue weighted by molar-refractivity contribution is 5.51. The predicted molar refractivity (Wildman–Crippen MR) is 80.2 cm³/mol. The van der Waals surface area contributed by atoms with E-state index >= 15 is 0 Å². The molecule has 1 atom stereocenters. The highest BCUT2D eigenvalue weighted by atomic mass is 16.5.